The third-order valence-electron chi connectivity index (χ3n) is 2.76. The minimum absolute atomic E-state index is 0. The molecule has 0 bridgehead atoms. The Morgan fingerprint density at radius 3 is 1.83 bits per heavy atom. The maximum absolute atomic E-state index is 2.32. The van der Waals surface area contributed by atoms with Crippen LogP contribution in [0.25, 0.3) is 0 Å². The van der Waals surface area contributed by atoms with Crippen molar-refractivity contribution in [2.75, 3.05) is 0 Å². The summed E-state index contributed by atoms with van der Waals surface area (Å²) in [6, 6.07) is 8.83. The average Bonchev–Trinajstić information content (AvgIpc) is 2.30. The van der Waals surface area contributed by atoms with E-state index in [1.54, 1.807) is 11.1 Å². The van der Waals surface area contributed by atoms with Gasteiger partial charge in [-0.2, -0.15) is 0 Å². The van der Waals surface area contributed by atoms with E-state index < -0.39 is 0 Å². The van der Waals surface area contributed by atoms with Crippen LogP contribution in [0.3, 0.4) is 0 Å². The molecule has 66 valence electrons. The zero-order valence-corrected chi connectivity index (χ0v) is 9.29. The molecule has 0 nitrogen and oxygen atoms in total. The van der Waals surface area contributed by atoms with E-state index in [1.165, 1.54) is 6.42 Å². The van der Waals surface area contributed by atoms with Crippen LogP contribution in [0.5, 0.6) is 0 Å². The second-order valence-corrected chi connectivity index (χ2v) is 3.67. The first-order valence-corrected chi connectivity index (χ1v) is 4.38. The average molecular weight is 227 g/mol. The summed E-state index contributed by atoms with van der Waals surface area (Å²) in [6.45, 7) is 4.64. The van der Waals surface area contributed by atoms with Gasteiger partial charge in [-0.1, -0.05) is 38.1 Å². The van der Waals surface area contributed by atoms with Crippen LogP contribution < -0.4 is 0 Å². The first-order valence-electron chi connectivity index (χ1n) is 4.38. The highest BCUT2D eigenvalue weighted by atomic mass is 79.9. The lowest BCUT2D eigenvalue weighted by Crippen LogP contribution is -1.84. The van der Waals surface area contributed by atoms with Crippen LogP contribution in [0.1, 0.15) is 43.2 Å². The number of fused-ring (bicyclic) bond motifs is 1. The Morgan fingerprint density at radius 1 is 1.00 bits per heavy atom. The van der Waals surface area contributed by atoms with E-state index in [2.05, 4.69) is 38.1 Å². The maximum atomic E-state index is 2.32. The molecule has 0 aromatic heterocycles. The number of halogens is 1. The molecule has 0 saturated heterocycles. The molecule has 0 saturated carbocycles. The molecule has 2 rings (SSSR count). The van der Waals surface area contributed by atoms with Crippen molar-refractivity contribution in [2.45, 2.75) is 32.1 Å². The van der Waals surface area contributed by atoms with Crippen molar-refractivity contribution >= 4 is 17.0 Å². The van der Waals surface area contributed by atoms with Crippen molar-refractivity contribution in [1.82, 2.24) is 0 Å². The Bertz CT molecular complexity index is 240. The molecule has 0 radical (unpaired) electrons. The predicted molar refractivity (Wildman–Crippen MR) is 58.2 cm³/mol. The summed E-state index contributed by atoms with van der Waals surface area (Å²) in [5, 5.41) is 0. The summed E-state index contributed by atoms with van der Waals surface area (Å²) in [4.78, 5) is 0. The van der Waals surface area contributed by atoms with E-state index in [-0.39, 0.29) is 17.0 Å². The summed E-state index contributed by atoms with van der Waals surface area (Å²) in [7, 11) is 0. The summed E-state index contributed by atoms with van der Waals surface area (Å²) in [5.41, 5.74) is 3.14. The number of benzene rings is 1. The van der Waals surface area contributed by atoms with Gasteiger partial charge in [0.1, 0.15) is 0 Å². The summed E-state index contributed by atoms with van der Waals surface area (Å²) < 4.78 is 0. The molecule has 0 aliphatic heterocycles. The van der Waals surface area contributed by atoms with E-state index in [1.807, 2.05) is 0 Å². The standard InChI is InChI=1S/C11H14.BrH/c1-8-7-9(2)11-6-4-3-5-10(8)11;/h3-6,8-9H,7H2,1-2H3;1H. The smallest absolute Gasteiger partial charge is 0.0182 e. The fourth-order valence-electron chi connectivity index (χ4n) is 2.19. The lowest BCUT2D eigenvalue weighted by molar-refractivity contribution is 0.661. The Kier molecular flexibility index (Phi) is 2.94. The highest BCUT2D eigenvalue weighted by molar-refractivity contribution is 8.93. The Labute approximate surface area is 84.8 Å². The van der Waals surface area contributed by atoms with Gasteiger partial charge in [-0.15, -0.1) is 17.0 Å². The zero-order valence-electron chi connectivity index (χ0n) is 7.58. The highest BCUT2D eigenvalue weighted by Gasteiger charge is 2.23. The van der Waals surface area contributed by atoms with Crippen LogP contribution in [0.15, 0.2) is 24.3 Å². The van der Waals surface area contributed by atoms with Crippen molar-refractivity contribution < 1.29 is 0 Å². The number of hydrogen-bond acceptors (Lipinski definition) is 0. The van der Waals surface area contributed by atoms with Crippen molar-refractivity contribution in [3.05, 3.63) is 35.4 Å². The largest absolute Gasteiger partial charge is 0.114 e. The second kappa shape index (κ2) is 3.61. The molecule has 1 heteroatoms. The van der Waals surface area contributed by atoms with Crippen LogP contribution in [-0.2, 0) is 0 Å². The van der Waals surface area contributed by atoms with Crippen molar-refractivity contribution in [1.29, 1.82) is 0 Å². The van der Waals surface area contributed by atoms with E-state index in [0.29, 0.717) is 0 Å². The molecule has 0 N–H and O–H groups in total. The quantitative estimate of drug-likeness (QED) is 0.631. The zero-order chi connectivity index (χ0) is 7.84. The van der Waals surface area contributed by atoms with Gasteiger partial charge in [-0.25, -0.2) is 0 Å². The van der Waals surface area contributed by atoms with Gasteiger partial charge < -0.3 is 0 Å². The van der Waals surface area contributed by atoms with Crippen LogP contribution >= 0.6 is 17.0 Å². The van der Waals surface area contributed by atoms with Gasteiger partial charge in [0.25, 0.3) is 0 Å². The lowest BCUT2D eigenvalue weighted by Gasteiger charge is -2.02. The summed E-state index contributed by atoms with van der Waals surface area (Å²) >= 11 is 0. The van der Waals surface area contributed by atoms with Crippen molar-refractivity contribution in [3.63, 3.8) is 0 Å². The monoisotopic (exact) mass is 226 g/mol. The summed E-state index contributed by atoms with van der Waals surface area (Å²) in [5.74, 6) is 1.56. The van der Waals surface area contributed by atoms with Gasteiger partial charge in [-0.3, -0.25) is 0 Å². The fourth-order valence-corrected chi connectivity index (χ4v) is 2.19. The van der Waals surface area contributed by atoms with Gasteiger partial charge in [0.15, 0.2) is 0 Å². The van der Waals surface area contributed by atoms with Crippen LogP contribution in [0.2, 0.25) is 0 Å². The van der Waals surface area contributed by atoms with Crippen molar-refractivity contribution in [3.8, 4) is 0 Å². The van der Waals surface area contributed by atoms with E-state index in [0.717, 1.165) is 11.8 Å². The minimum atomic E-state index is 0. The Morgan fingerprint density at radius 2 is 1.42 bits per heavy atom. The van der Waals surface area contributed by atoms with Gasteiger partial charge in [-0.05, 0) is 29.4 Å². The van der Waals surface area contributed by atoms with E-state index in [9.17, 15) is 0 Å². The SMILES string of the molecule is Br.CC1CC(C)c2ccccc21. The molecule has 0 fully saturated rings. The minimum Gasteiger partial charge on any atom is -0.114 e. The molecule has 1 aromatic rings. The normalized spacial score (nSPS) is 26.2. The highest BCUT2D eigenvalue weighted by Crippen LogP contribution is 2.40. The molecular formula is C11H15Br. The predicted octanol–water partition coefficient (Wildman–Crippen LogP) is 3.88. The molecule has 1 aliphatic carbocycles. The lowest BCUT2D eigenvalue weighted by atomic mass is 10.0. The van der Waals surface area contributed by atoms with Gasteiger partial charge in [0.05, 0.1) is 0 Å². The van der Waals surface area contributed by atoms with Crippen LogP contribution in [0.4, 0.5) is 0 Å². The molecule has 1 aromatic carbocycles. The van der Waals surface area contributed by atoms with E-state index >= 15 is 0 Å². The molecular weight excluding hydrogens is 212 g/mol. The number of rotatable bonds is 0. The maximum Gasteiger partial charge on any atom is -0.0182 e. The second-order valence-electron chi connectivity index (χ2n) is 3.67. The van der Waals surface area contributed by atoms with E-state index in [4.69, 9.17) is 0 Å². The fraction of sp³-hybridized carbons (Fsp3) is 0.455. The van der Waals surface area contributed by atoms with Crippen molar-refractivity contribution in [2.24, 2.45) is 0 Å². The molecule has 0 heterocycles. The molecule has 0 amide bonds. The molecule has 2 unspecified atom stereocenters. The summed E-state index contributed by atoms with van der Waals surface area (Å²) in [6.07, 6.45) is 1.33. The third-order valence-corrected chi connectivity index (χ3v) is 2.76. The number of hydrogen-bond donors (Lipinski definition) is 0. The molecule has 12 heavy (non-hydrogen) atoms. The van der Waals surface area contributed by atoms with Gasteiger partial charge >= 0.3 is 0 Å². The Hall–Kier alpha value is -0.300. The van der Waals surface area contributed by atoms with Gasteiger partial charge in [0, 0.05) is 0 Å². The molecule has 1 aliphatic rings. The third kappa shape index (κ3) is 1.42. The van der Waals surface area contributed by atoms with Gasteiger partial charge in [0.2, 0.25) is 0 Å². The Balaban J connectivity index is 0.000000720. The first kappa shape index (κ1) is 9.79. The topological polar surface area (TPSA) is 0 Å². The van der Waals surface area contributed by atoms with Crippen LogP contribution in [-0.4, -0.2) is 0 Å². The first-order chi connectivity index (χ1) is 5.29. The molecule has 0 spiro atoms. The van der Waals surface area contributed by atoms with Crippen LogP contribution in [0, 0.1) is 0 Å². The molecule has 2 atom stereocenters.